The number of hydrogen-bond acceptors (Lipinski definition) is 3. The van der Waals surface area contributed by atoms with E-state index < -0.39 is 0 Å². The van der Waals surface area contributed by atoms with Crippen molar-refractivity contribution in [3.8, 4) is 11.5 Å². The molecule has 1 aliphatic rings. The van der Waals surface area contributed by atoms with Crippen LogP contribution in [0, 0.1) is 0 Å². The van der Waals surface area contributed by atoms with E-state index >= 15 is 0 Å². The van der Waals surface area contributed by atoms with Gasteiger partial charge in [-0.15, -0.1) is 0 Å². The summed E-state index contributed by atoms with van der Waals surface area (Å²) in [5.41, 5.74) is 2.44. The van der Waals surface area contributed by atoms with Gasteiger partial charge in [-0.3, -0.25) is 0 Å². The average Bonchev–Trinajstić information content (AvgIpc) is 2.60. The van der Waals surface area contributed by atoms with Crippen molar-refractivity contribution >= 4 is 15.9 Å². The Labute approximate surface area is 123 Å². The second-order valence-electron chi connectivity index (χ2n) is 5.11. The zero-order valence-electron chi connectivity index (χ0n) is 11.5. The van der Waals surface area contributed by atoms with Crippen molar-refractivity contribution in [1.29, 1.82) is 0 Å². The molecule has 0 radical (unpaired) electrons. The van der Waals surface area contributed by atoms with Crippen LogP contribution in [0.2, 0.25) is 0 Å². The molecule has 0 saturated carbocycles. The van der Waals surface area contributed by atoms with Crippen LogP contribution in [0.5, 0.6) is 11.5 Å². The van der Waals surface area contributed by atoms with E-state index in [2.05, 4.69) is 29.8 Å². The second kappa shape index (κ2) is 6.62. The first-order chi connectivity index (χ1) is 9.15. The van der Waals surface area contributed by atoms with Crippen molar-refractivity contribution < 1.29 is 14.6 Å². The van der Waals surface area contributed by atoms with Crippen molar-refractivity contribution in [1.82, 2.24) is 0 Å². The summed E-state index contributed by atoms with van der Waals surface area (Å²) in [6.07, 6.45) is 2.52. The smallest absolute Gasteiger partial charge is 0.164 e. The number of halogens is 1. The zero-order valence-corrected chi connectivity index (χ0v) is 13.1. The molecule has 0 spiro atoms. The van der Waals surface area contributed by atoms with Gasteiger partial charge in [-0.05, 0) is 30.4 Å². The molecule has 1 heterocycles. The van der Waals surface area contributed by atoms with Gasteiger partial charge in [0.05, 0.1) is 13.2 Å². The van der Waals surface area contributed by atoms with E-state index in [0.717, 1.165) is 35.2 Å². The van der Waals surface area contributed by atoms with Crippen LogP contribution in [-0.4, -0.2) is 24.9 Å². The molecule has 0 amide bonds. The van der Waals surface area contributed by atoms with Gasteiger partial charge in [0, 0.05) is 23.1 Å². The molecule has 106 valence electrons. The Bertz CT molecular complexity index is 444. The number of aliphatic hydroxyl groups excluding tert-OH is 1. The van der Waals surface area contributed by atoms with Crippen LogP contribution in [0.1, 0.15) is 43.7 Å². The molecule has 2 rings (SSSR count). The minimum Gasteiger partial charge on any atom is -0.490 e. The summed E-state index contributed by atoms with van der Waals surface area (Å²) in [6.45, 7) is 5.94. The van der Waals surface area contributed by atoms with Crippen LogP contribution in [-0.2, 0) is 6.42 Å². The Kier molecular flexibility index (Phi) is 5.11. The highest BCUT2D eigenvalue weighted by Crippen LogP contribution is 2.43. The maximum atomic E-state index is 9.06. The molecule has 0 aliphatic carbocycles. The molecule has 0 unspecified atom stereocenters. The Balaban J connectivity index is 2.50. The molecule has 0 bridgehead atoms. The van der Waals surface area contributed by atoms with Crippen LogP contribution in [0.15, 0.2) is 10.5 Å². The third-order valence-electron chi connectivity index (χ3n) is 3.29. The highest BCUT2D eigenvalue weighted by molar-refractivity contribution is 9.10. The topological polar surface area (TPSA) is 38.7 Å². The number of hydrogen-bond donors (Lipinski definition) is 1. The number of benzene rings is 1. The lowest BCUT2D eigenvalue weighted by Gasteiger charge is -2.21. The van der Waals surface area contributed by atoms with Gasteiger partial charge in [0.15, 0.2) is 11.5 Å². The third-order valence-corrected chi connectivity index (χ3v) is 4.00. The van der Waals surface area contributed by atoms with Gasteiger partial charge < -0.3 is 14.6 Å². The molecule has 1 aliphatic heterocycles. The first kappa shape index (κ1) is 14.7. The first-order valence-electron chi connectivity index (χ1n) is 6.87. The Morgan fingerprint density at radius 2 is 2.05 bits per heavy atom. The SMILES string of the molecule is CC(C)c1c(CCCO)c(Br)cc2c1OCCCO2. The van der Waals surface area contributed by atoms with Crippen LogP contribution in [0.3, 0.4) is 0 Å². The minimum absolute atomic E-state index is 0.207. The molecule has 4 heteroatoms. The van der Waals surface area contributed by atoms with Crippen LogP contribution < -0.4 is 9.47 Å². The Morgan fingerprint density at radius 3 is 2.74 bits per heavy atom. The number of rotatable bonds is 4. The van der Waals surface area contributed by atoms with Crippen molar-refractivity contribution in [2.45, 2.75) is 39.0 Å². The average molecular weight is 329 g/mol. The maximum absolute atomic E-state index is 9.06. The maximum Gasteiger partial charge on any atom is 0.164 e. The van der Waals surface area contributed by atoms with Crippen molar-refractivity contribution in [2.75, 3.05) is 19.8 Å². The van der Waals surface area contributed by atoms with E-state index in [9.17, 15) is 0 Å². The normalized spacial score (nSPS) is 14.6. The minimum atomic E-state index is 0.207. The van der Waals surface area contributed by atoms with Gasteiger partial charge in [-0.2, -0.15) is 0 Å². The van der Waals surface area contributed by atoms with Crippen LogP contribution >= 0.6 is 15.9 Å². The van der Waals surface area contributed by atoms with Crippen molar-refractivity contribution in [3.63, 3.8) is 0 Å². The molecule has 0 saturated heterocycles. The fourth-order valence-electron chi connectivity index (χ4n) is 2.46. The molecule has 0 atom stereocenters. The Morgan fingerprint density at radius 1 is 1.32 bits per heavy atom. The van der Waals surface area contributed by atoms with E-state index in [1.165, 1.54) is 11.1 Å². The molecule has 0 aromatic heterocycles. The quantitative estimate of drug-likeness (QED) is 0.916. The van der Waals surface area contributed by atoms with E-state index in [-0.39, 0.29) is 6.61 Å². The van der Waals surface area contributed by atoms with Gasteiger partial charge in [-0.25, -0.2) is 0 Å². The van der Waals surface area contributed by atoms with E-state index in [0.29, 0.717) is 19.1 Å². The lowest BCUT2D eigenvalue weighted by molar-refractivity contribution is 0.287. The van der Waals surface area contributed by atoms with Gasteiger partial charge >= 0.3 is 0 Å². The molecule has 1 aromatic carbocycles. The van der Waals surface area contributed by atoms with Gasteiger partial charge in [0.2, 0.25) is 0 Å². The highest BCUT2D eigenvalue weighted by atomic mass is 79.9. The zero-order chi connectivity index (χ0) is 13.8. The fourth-order valence-corrected chi connectivity index (χ4v) is 3.08. The number of fused-ring (bicyclic) bond motifs is 1. The summed E-state index contributed by atoms with van der Waals surface area (Å²) in [5, 5.41) is 9.06. The molecule has 19 heavy (non-hydrogen) atoms. The lowest BCUT2D eigenvalue weighted by Crippen LogP contribution is -2.05. The van der Waals surface area contributed by atoms with Gasteiger partial charge in [0.25, 0.3) is 0 Å². The molecular formula is C15H21BrO3. The summed E-state index contributed by atoms with van der Waals surface area (Å²) >= 11 is 3.63. The van der Waals surface area contributed by atoms with E-state index in [1.807, 2.05) is 6.07 Å². The standard InChI is InChI=1S/C15H21BrO3/c1-10(2)14-11(5-3-6-17)12(16)9-13-15(14)19-8-4-7-18-13/h9-10,17H,3-8H2,1-2H3. The predicted octanol–water partition coefficient (Wildman–Crippen LogP) is 3.66. The summed E-state index contributed by atoms with van der Waals surface area (Å²) in [7, 11) is 0. The number of aliphatic hydroxyl groups is 1. The van der Waals surface area contributed by atoms with Gasteiger partial charge in [0.1, 0.15) is 0 Å². The monoisotopic (exact) mass is 328 g/mol. The van der Waals surface area contributed by atoms with Gasteiger partial charge in [-0.1, -0.05) is 29.8 Å². The molecule has 1 N–H and O–H groups in total. The highest BCUT2D eigenvalue weighted by Gasteiger charge is 2.22. The summed E-state index contributed by atoms with van der Waals surface area (Å²) in [6, 6.07) is 2.00. The molecule has 0 fully saturated rings. The molecular weight excluding hydrogens is 308 g/mol. The summed E-state index contributed by atoms with van der Waals surface area (Å²) in [5.74, 6) is 2.09. The Hall–Kier alpha value is -0.740. The van der Waals surface area contributed by atoms with Crippen LogP contribution in [0.25, 0.3) is 0 Å². The van der Waals surface area contributed by atoms with Crippen molar-refractivity contribution in [2.24, 2.45) is 0 Å². The third kappa shape index (κ3) is 3.23. The largest absolute Gasteiger partial charge is 0.490 e. The molecule has 1 aromatic rings. The van der Waals surface area contributed by atoms with E-state index in [4.69, 9.17) is 14.6 Å². The number of ether oxygens (including phenoxy) is 2. The summed E-state index contributed by atoms with van der Waals surface area (Å²) < 4.78 is 12.7. The fraction of sp³-hybridized carbons (Fsp3) is 0.600. The predicted molar refractivity (Wildman–Crippen MR) is 79.2 cm³/mol. The van der Waals surface area contributed by atoms with Crippen molar-refractivity contribution in [3.05, 3.63) is 21.7 Å². The first-order valence-corrected chi connectivity index (χ1v) is 7.66. The second-order valence-corrected chi connectivity index (χ2v) is 5.96. The van der Waals surface area contributed by atoms with Crippen LogP contribution in [0.4, 0.5) is 0 Å². The molecule has 3 nitrogen and oxygen atoms in total. The van der Waals surface area contributed by atoms with E-state index in [1.54, 1.807) is 0 Å². The lowest BCUT2D eigenvalue weighted by atomic mass is 9.93. The summed E-state index contributed by atoms with van der Waals surface area (Å²) in [4.78, 5) is 0.